The quantitative estimate of drug-likeness (QED) is 0.286. The van der Waals surface area contributed by atoms with Crippen molar-refractivity contribution in [1.29, 1.82) is 0 Å². The second-order valence-corrected chi connectivity index (χ2v) is 8.65. The number of benzene rings is 2. The Morgan fingerprint density at radius 1 is 1.32 bits per heavy atom. The molecule has 0 saturated heterocycles. The average molecular weight is 498 g/mol. The van der Waals surface area contributed by atoms with Crippen molar-refractivity contribution in [3.05, 3.63) is 58.1 Å². The Labute approximate surface area is 192 Å². The smallest absolute Gasteiger partial charge is 0.0429 e. The van der Waals surface area contributed by atoms with Gasteiger partial charge in [-0.3, -0.25) is 4.99 Å². The van der Waals surface area contributed by atoms with Crippen molar-refractivity contribution >= 4 is 41.9 Å². The van der Waals surface area contributed by atoms with Crippen LogP contribution in [0, 0.1) is 13.0 Å². The molecule has 28 heavy (non-hydrogen) atoms. The van der Waals surface area contributed by atoms with Crippen molar-refractivity contribution in [2.45, 2.75) is 64.8 Å². The van der Waals surface area contributed by atoms with E-state index in [0.717, 1.165) is 42.1 Å². The molecule has 2 N–H and O–H groups in total. The van der Waals surface area contributed by atoms with E-state index in [1.54, 1.807) is 0 Å². The van der Waals surface area contributed by atoms with Gasteiger partial charge in [0.25, 0.3) is 0 Å². The van der Waals surface area contributed by atoms with Crippen LogP contribution in [0.15, 0.2) is 45.9 Å². The molecule has 0 amide bonds. The normalized spacial score (nSPS) is 14.6. The fourth-order valence-electron chi connectivity index (χ4n) is 2.98. The molecule has 152 valence electrons. The Kier molecular flexibility index (Phi) is 11.8. The number of rotatable bonds is 6. The zero-order chi connectivity index (χ0) is 19.8. The van der Waals surface area contributed by atoms with Crippen molar-refractivity contribution in [2.24, 2.45) is 10.7 Å². The zero-order valence-corrected chi connectivity index (χ0v) is 21.1. The minimum absolute atomic E-state index is 0. The zero-order valence-electron chi connectivity index (χ0n) is 17.0. The molecular formula is C23H31BrCrN2P-. The van der Waals surface area contributed by atoms with Crippen molar-refractivity contribution in [2.75, 3.05) is 0 Å². The summed E-state index contributed by atoms with van der Waals surface area (Å²) in [5, 5.41) is 1.36. The van der Waals surface area contributed by atoms with Crippen LogP contribution in [0.4, 0.5) is 5.69 Å². The van der Waals surface area contributed by atoms with Gasteiger partial charge in [0.2, 0.25) is 0 Å². The summed E-state index contributed by atoms with van der Waals surface area (Å²) in [6.07, 6.45) is 5.77. The summed E-state index contributed by atoms with van der Waals surface area (Å²) in [5.74, 6) is 0.847. The minimum Gasteiger partial charge on any atom is -0.323 e. The fourth-order valence-corrected chi connectivity index (χ4v) is 3.78. The molecule has 1 aliphatic carbocycles. The van der Waals surface area contributed by atoms with Gasteiger partial charge in [0, 0.05) is 33.6 Å². The Morgan fingerprint density at radius 2 is 2.04 bits per heavy atom. The van der Waals surface area contributed by atoms with Crippen LogP contribution in [0.1, 0.15) is 63.0 Å². The summed E-state index contributed by atoms with van der Waals surface area (Å²) in [7, 11) is 2.80. The molecule has 0 aliphatic heterocycles. The first-order chi connectivity index (χ1) is 13.0. The van der Waals surface area contributed by atoms with Crippen molar-refractivity contribution in [1.82, 2.24) is 0 Å². The number of halogens is 1. The van der Waals surface area contributed by atoms with E-state index >= 15 is 0 Å². The summed E-state index contributed by atoms with van der Waals surface area (Å²) in [6, 6.07) is 15.5. The molecule has 2 atom stereocenters. The fraction of sp³-hybridized carbons (Fsp3) is 0.435. The predicted molar refractivity (Wildman–Crippen MR) is 126 cm³/mol. The van der Waals surface area contributed by atoms with E-state index in [-0.39, 0.29) is 23.4 Å². The molecule has 3 rings (SSSR count). The number of nitrogens with two attached hydrogens (primary N) is 1. The van der Waals surface area contributed by atoms with Crippen molar-refractivity contribution in [3.8, 4) is 0 Å². The topological polar surface area (TPSA) is 38.4 Å². The molecule has 2 unspecified atom stereocenters. The monoisotopic (exact) mass is 497 g/mol. The van der Waals surface area contributed by atoms with Gasteiger partial charge in [0.05, 0.1) is 0 Å². The first-order valence-electron chi connectivity index (χ1n) is 9.80. The molecule has 0 bridgehead atoms. The molecule has 0 heterocycles. The van der Waals surface area contributed by atoms with Crippen LogP contribution in [-0.4, -0.2) is 11.8 Å². The number of nitrogens with zero attached hydrogens (tertiary/aromatic N) is 1. The van der Waals surface area contributed by atoms with Crippen molar-refractivity contribution < 1.29 is 17.4 Å². The maximum atomic E-state index is 6.10. The Balaban J connectivity index is 0.000000285. The van der Waals surface area contributed by atoms with Crippen LogP contribution in [0.25, 0.3) is 0 Å². The summed E-state index contributed by atoms with van der Waals surface area (Å²) in [4.78, 5) is 4.67. The van der Waals surface area contributed by atoms with Gasteiger partial charge in [-0.2, -0.15) is 18.2 Å². The SMILES string of the molecule is CCCC(N)C(CC)=Nc1cc[c-]cc1C.Pc1ccc(Br)cc1C1CC1.[Cr]. The van der Waals surface area contributed by atoms with E-state index in [1.165, 1.54) is 28.2 Å². The van der Waals surface area contributed by atoms with Crippen LogP contribution < -0.4 is 11.0 Å². The number of hydrogen-bond acceptors (Lipinski definition) is 2. The summed E-state index contributed by atoms with van der Waals surface area (Å²) >= 11 is 3.48. The third-order valence-electron chi connectivity index (χ3n) is 4.76. The maximum Gasteiger partial charge on any atom is 0.0429 e. The first kappa shape index (κ1) is 25.5. The summed E-state index contributed by atoms with van der Waals surface area (Å²) in [5.41, 5.74) is 10.9. The molecule has 2 nitrogen and oxygen atoms in total. The molecule has 0 aromatic heterocycles. The van der Waals surface area contributed by atoms with E-state index in [4.69, 9.17) is 5.73 Å². The third kappa shape index (κ3) is 8.10. The van der Waals surface area contributed by atoms with E-state index in [2.05, 4.69) is 68.3 Å². The molecule has 2 aromatic rings. The van der Waals surface area contributed by atoms with Gasteiger partial charge >= 0.3 is 0 Å². The van der Waals surface area contributed by atoms with Gasteiger partial charge in [0.1, 0.15) is 0 Å². The average Bonchev–Trinajstić information content (AvgIpc) is 3.49. The molecular weight excluding hydrogens is 467 g/mol. The molecule has 1 fully saturated rings. The second kappa shape index (κ2) is 12.9. The molecule has 0 radical (unpaired) electrons. The summed E-state index contributed by atoms with van der Waals surface area (Å²) < 4.78 is 1.20. The summed E-state index contributed by atoms with van der Waals surface area (Å²) in [6.45, 7) is 6.31. The van der Waals surface area contributed by atoms with Gasteiger partial charge in [-0.05, 0) is 60.3 Å². The van der Waals surface area contributed by atoms with Crippen molar-refractivity contribution in [3.63, 3.8) is 0 Å². The van der Waals surface area contributed by atoms with Gasteiger partial charge in [-0.15, -0.1) is 20.9 Å². The molecule has 5 heteroatoms. The molecule has 1 aliphatic rings. The maximum absolute atomic E-state index is 6.10. The van der Waals surface area contributed by atoms with Gasteiger partial charge < -0.3 is 5.73 Å². The first-order valence-corrected chi connectivity index (χ1v) is 11.2. The largest absolute Gasteiger partial charge is 0.323 e. The number of aryl methyl sites for hydroxylation is 1. The van der Waals surface area contributed by atoms with E-state index in [0.29, 0.717) is 0 Å². The van der Waals surface area contributed by atoms with Crippen LogP contribution in [-0.2, 0) is 17.4 Å². The van der Waals surface area contributed by atoms with Crippen LogP contribution in [0.3, 0.4) is 0 Å². The van der Waals surface area contributed by atoms with Crippen LogP contribution >= 0.6 is 25.2 Å². The van der Waals surface area contributed by atoms with E-state index in [9.17, 15) is 0 Å². The Hall–Kier alpha value is -0.488. The predicted octanol–water partition coefficient (Wildman–Crippen LogP) is 6.23. The standard InChI is InChI=1S/C14H21N2.C9H10BrP.Cr/c1-4-8-12(15)13(5-2)16-14-10-7-6-9-11(14)3;10-7-3-4-9(11)8(5-7)6-1-2-6;/h7,9-10,12H,4-5,8,15H2,1-3H3;3-6H,1-2,11H2;/q-1;;. The number of aliphatic imine (C=N–C) groups is 1. The van der Waals surface area contributed by atoms with Crippen LogP contribution in [0.5, 0.6) is 0 Å². The Morgan fingerprint density at radius 3 is 2.61 bits per heavy atom. The molecule has 1 saturated carbocycles. The minimum atomic E-state index is 0. The number of hydrogen-bond donors (Lipinski definition) is 1. The Bertz CT molecular complexity index is 775. The second-order valence-electron chi connectivity index (χ2n) is 7.11. The van der Waals surface area contributed by atoms with Gasteiger partial charge in [-0.25, -0.2) is 0 Å². The van der Waals surface area contributed by atoms with Gasteiger partial charge in [0.15, 0.2) is 0 Å². The third-order valence-corrected chi connectivity index (χ3v) is 5.78. The molecule has 2 aromatic carbocycles. The van der Waals surface area contributed by atoms with Crippen LogP contribution in [0.2, 0.25) is 0 Å². The van der Waals surface area contributed by atoms with E-state index in [1.807, 2.05) is 25.1 Å². The van der Waals surface area contributed by atoms with Gasteiger partial charge in [-0.1, -0.05) is 49.2 Å². The van der Waals surface area contributed by atoms with E-state index < -0.39 is 0 Å². The molecule has 0 spiro atoms.